The predicted molar refractivity (Wildman–Crippen MR) is 52.3 cm³/mol. The van der Waals surface area contributed by atoms with E-state index >= 15 is 0 Å². The van der Waals surface area contributed by atoms with Crippen molar-refractivity contribution in [1.29, 1.82) is 0 Å². The van der Waals surface area contributed by atoms with E-state index < -0.39 is 0 Å². The van der Waals surface area contributed by atoms with Gasteiger partial charge in [-0.15, -0.1) is 10.2 Å². The summed E-state index contributed by atoms with van der Waals surface area (Å²) in [6, 6.07) is 0. The molecule has 0 unspecified atom stereocenters. The molecule has 13 heavy (non-hydrogen) atoms. The van der Waals surface area contributed by atoms with Crippen molar-refractivity contribution in [1.82, 2.24) is 10.2 Å². The van der Waals surface area contributed by atoms with Crippen molar-refractivity contribution in [3.05, 3.63) is 10.7 Å². The van der Waals surface area contributed by atoms with Crippen LogP contribution >= 0.6 is 15.9 Å². The van der Waals surface area contributed by atoms with Gasteiger partial charge in [-0.25, -0.2) is 0 Å². The first-order valence-corrected chi connectivity index (χ1v) is 5.62. The van der Waals surface area contributed by atoms with Gasteiger partial charge in [-0.1, -0.05) is 25.7 Å². The summed E-state index contributed by atoms with van der Waals surface area (Å²) < 4.78 is 5.24. The summed E-state index contributed by atoms with van der Waals surface area (Å²) in [6.07, 6.45) is 7.71. The fraction of sp³-hybridized carbons (Fsp3) is 0.778. The SMILES string of the molecule is Brc1nnc(CCC2CCCC2)o1. The molecule has 2 rings (SSSR count). The number of rotatable bonds is 3. The largest absolute Gasteiger partial charge is 0.416 e. The summed E-state index contributed by atoms with van der Waals surface area (Å²) in [4.78, 5) is 0.494. The molecular weight excluding hydrogens is 232 g/mol. The maximum absolute atomic E-state index is 5.24. The topological polar surface area (TPSA) is 38.9 Å². The monoisotopic (exact) mass is 244 g/mol. The Balaban J connectivity index is 1.78. The lowest BCUT2D eigenvalue weighted by atomic mass is 10.0. The number of halogens is 1. The van der Waals surface area contributed by atoms with Gasteiger partial charge in [-0.3, -0.25) is 0 Å². The van der Waals surface area contributed by atoms with Crippen LogP contribution in [-0.2, 0) is 6.42 Å². The van der Waals surface area contributed by atoms with Crippen LogP contribution in [0, 0.1) is 5.92 Å². The van der Waals surface area contributed by atoms with E-state index in [1.807, 2.05) is 0 Å². The lowest BCUT2D eigenvalue weighted by molar-refractivity contribution is 0.427. The van der Waals surface area contributed by atoms with Crippen LogP contribution in [-0.4, -0.2) is 10.2 Å². The first-order valence-electron chi connectivity index (χ1n) is 4.82. The molecule has 0 aromatic carbocycles. The Hall–Kier alpha value is -0.380. The van der Waals surface area contributed by atoms with Gasteiger partial charge in [0.15, 0.2) is 0 Å². The van der Waals surface area contributed by atoms with Crippen LogP contribution in [0.15, 0.2) is 9.22 Å². The van der Waals surface area contributed by atoms with Gasteiger partial charge in [0.2, 0.25) is 5.89 Å². The van der Waals surface area contributed by atoms with Gasteiger partial charge < -0.3 is 4.42 Å². The maximum atomic E-state index is 5.24. The zero-order valence-corrected chi connectivity index (χ0v) is 9.09. The van der Waals surface area contributed by atoms with E-state index in [9.17, 15) is 0 Å². The Kier molecular flexibility index (Phi) is 2.98. The third-order valence-electron chi connectivity index (χ3n) is 2.68. The molecule has 0 aliphatic heterocycles. The summed E-state index contributed by atoms with van der Waals surface area (Å²) in [5.41, 5.74) is 0. The van der Waals surface area contributed by atoms with Gasteiger partial charge >= 0.3 is 0 Å². The third-order valence-corrected chi connectivity index (χ3v) is 3.00. The summed E-state index contributed by atoms with van der Waals surface area (Å²) >= 11 is 3.15. The zero-order chi connectivity index (χ0) is 9.10. The summed E-state index contributed by atoms with van der Waals surface area (Å²) in [6.45, 7) is 0. The van der Waals surface area contributed by atoms with Gasteiger partial charge in [0, 0.05) is 22.4 Å². The van der Waals surface area contributed by atoms with Crippen molar-refractivity contribution in [3.63, 3.8) is 0 Å². The lowest BCUT2D eigenvalue weighted by Crippen LogP contribution is -1.96. The normalized spacial score (nSPS) is 18.2. The highest BCUT2D eigenvalue weighted by Gasteiger charge is 2.15. The van der Waals surface area contributed by atoms with Crippen LogP contribution in [0.5, 0.6) is 0 Å². The third kappa shape index (κ3) is 2.53. The van der Waals surface area contributed by atoms with Crippen molar-refractivity contribution in [3.8, 4) is 0 Å². The van der Waals surface area contributed by atoms with E-state index in [0.29, 0.717) is 4.80 Å². The quantitative estimate of drug-likeness (QED) is 0.821. The first kappa shape index (κ1) is 9.19. The molecule has 72 valence electrons. The predicted octanol–water partition coefficient (Wildman–Crippen LogP) is 2.95. The lowest BCUT2D eigenvalue weighted by Gasteiger charge is -2.04. The van der Waals surface area contributed by atoms with Gasteiger partial charge in [0.05, 0.1) is 0 Å². The Labute approximate surface area is 86.0 Å². The number of aromatic nitrogens is 2. The molecule has 0 atom stereocenters. The Morgan fingerprint density at radius 1 is 1.31 bits per heavy atom. The number of aryl methyl sites for hydroxylation is 1. The molecule has 0 radical (unpaired) electrons. The van der Waals surface area contributed by atoms with E-state index in [0.717, 1.165) is 18.2 Å². The molecule has 1 aromatic rings. The molecule has 1 aliphatic rings. The molecule has 4 heteroatoms. The highest BCUT2D eigenvalue weighted by atomic mass is 79.9. The molecule has 1 heterocycles. The van der Waals surface area contributed by atoms with E-state index in [-0.39, 0.29) is 0 Å². The Bertz CT molecular complexity index is 268. The average molecular weight is 245 g/mol. The van der Waals surface area contributed by atoms with E-state index in [1.165, 1.54) is 32.1 Å². The minimum atomic E-state index is 0.494. The van der Waals surface area contributed by atoms with Crippen LogP contribution in [0.1, 0.15) is 38.0 Å². The molecular formula is C9H13BrN2O. The molecule has 1 saturated carbocycles. The fourth-order valence-corrected chi connectivity index (χ4v) is 2.23. The maximum Gasteiger partial charge on any atom is 0.284 e. The average Bonchev–Trinajstić information content (AvgIpc) is 2.71. The standard InChI is InChI=1S/C9H13BrN2O/c10-9-12-11-8(13-9)6-5-7-3-1-2-4-7/h7H,1-6H2. The molecule has 1 aliphatic carbocycles. The second-order valence-corrected chi connectivity index (χ2v) is 4.32. The molecule has 0 saturated heterocycles. The number of hydrogen-bond acceptors (Lipinski definition) is 3. The molecule has 0 spiro atoms. The van der Waals surface area contributed by atoms with E-state index in [1.54, 1.807) is 0 Å². The fourth-order valence-electron chi connectivity index (χ4n) is 1.96. The van der Waals surface area contributed by atoms with Crippen LogP contribution in [0.25, 0.3) is 0 Å². The van der Waals surface area contributed by atoms with Crippen molar-refractivity contribution < 1.29 is 4.42 Å². The minimum Gasteiger partial charge on any atom is -0.416 e. The molecule has 1 aromatic heterocycles. The van der Waals surface area contributed by atoms with Crippen molar-refractivity contribution in [2.24, 2.45) is 5.92 Å². The smallest absolute Gasteiger partial charge is 0.284 e. The van der Waals surface area contributed by atoms with E-state index in [4.69, 9.17) is 4.42 Å². The molecule has 0 bridgehead atoms. The van der Waals surface area contributed by atoms with Crippen molar-refractivity contribution in [2.75, 3.05) is 0 Å². The van der Waals surface area contributed by atoms with Crippen LogP contribution < -0.4 is 0 Å². The molecule has 0 amide bonds. The number of hydrogen-bond donors (Lipinski definition) is 0. The molecule has 3 nitrogen and oxygen atoms in total. The van der Waals surface area contributed by atoms with Crippen LogP contribution in [0.3, 0.4) is 0 Å². The first-order chi connectivity index (χ1) is 6.34. The van der Waals surface area contributed by atoms with Gasteiger partial charge in [0.25, 0.3) is 4.80 Å². The van der Waals surface area contributed by atoms with Crippen molar-refractivity contribution in [2.45, 2.75) is 38.5 Å². The Morgan fingerprint density at radius 3 is 2.69 bits per heavy atom. The highest BCUT2D eigenvalue weighted by molar-refractivity contribution is 9.10. The minimum absolute atomic E-state index is 0.494. The van der Waals surface area contributed by atoms with E-state index in [2.05, 4.69) is 26.1 Å². The number of nitrogens with zero attached hydrogens (tertiary/aromatic N) is 2. The summed E-state index contributed by atoms with van der Waals surface area (Å²) in [7, 11) is 0. The molecule has 1 fully saturated rings. The van der Waals surface area contributed by atoms with Crippen LogP contribution in [0.2, 0.25) is 0 Å². The van der Waals surface area contributed by atoms with Gasteiger partial charge in [0.1, 0.15) is 0 Å². The second-order valence-electron chi connectivity index (χ2n) is 3.64. The van der Waals surface area contributed by atoms with Gasteiger partial charge in [-0.2, -0.15) is 0 Å². The summed E-state index contributed by atoms with van der Waals surface area (Å²) in [5, 5.41) is 7.68. The second kappa shape index (κ2) is 4.22. The van der Waals surface area contributed by atoms with Crippen molar-refractivity contribution >= 4 is 15.9 Å². The highest BCUT2D eigenvalue weighted by Crippen LogP contribution is 2.28. The Morgan fingerprint density at radius 2 is 2.08 bits per heavy atom. The summed E-state index contributed by atoms with van der Waals surface area (Å²) in [5.74, 6) is 1.66. The zero-order valence-electron chi connectivity index (χ0n) is 7.50. The molecule has 0 N–H and O–H groups in total. The van der Waals surface area contributed by atoms with Crippen LogP contribution in [0.4, 0.5) is 0 Å². The van der Waals surface area contributed by atoms with Gasteiger partial charge in [-0.05, 0) is 12.3 Å².